The van der Waals surface area contributed by atoms with E-state index in [2.05, 4.69) is 30.5 Å². The number of ether oxygens (including phenoxy) is 1. The molecule has 2 bridgehead atoms. The van der Waals surface area contributed by atoms with E-state index in [1.807, 2.05) is 20.8 Å². The van der Waals surface area contributed by atoms with Gasteiger partial charge in [-0.3, -0.25) is 0 Å². The molecule has 0 aromatic rings. The van der Waals surface area contributed by atoms with E-state index < -0.39 is 11.7 Å². The van der Waals surface area contributed by atoms with Gasteiger partial charge in [-0.25, -0.2) is 10.2 Å². The number of nitrogens with zero attached hydrogens (tertiary/aromatic N) is 1. The predicted molar refractivity (Wildman–Crippen MR) is 75.9 cm³/mol. The molecule has 3 aliphatic carbocycles. The Kier molecular flexibility index (Phi) is 3.45. The second-order valence-electron chi connectivity index (χ2n) is 7.12. The first-order chi connectivity index (χ1) is 8.70. The van der Waals surface area contributed by atoms with Gasteiger partial charge in [-0.2, -0.15) is 5.10 Å². The lowest BCUT2D eigenvalue weighted by atomic mass is 9.49. The topological polar surface area (TPSA) is 50.7 Å². The Labute approximate surface area is 115 Å². The highest BCUT2D eigenvalue weighted by atomic mass is 16.6. The zero-order valence-electron chi connectivity index (χ0n) is 12.5. The van der Waals surface area contributed by atoms with Crippen LogP contribution in [0.15, 0.2) is 16.8 Å². The fourth-order valence-corrected chi connectivity index (χ4v) is 3.01. The fraction of sp³-hybridized carbons (Fsp3) is 0.733. The molecule has 19 heavy (non-hydrogen) atoms. The number of hydrazone groups is 1. The molecular weight excluding hydrogens is 240 g/mol. The molecule has 106 valence electrons. The largest absolute Gasteiger partial charge is 0.443 e. The van der Waals surface area contributed by atoms with Crippen molar-refractivity contribution in [3.05, 3.63) is 11.6 Å². The highest BCUT2D eigenvalue weighted by Crippen LogP contribution is 2.58. The van der Waals surface area contributed by atoms with E-state index in [0.29, 0.717) is 11.3 Å². The van der Waals surface area contributed by atoms with Gasteiger partial charge in [-0.05, 0) is 56.4 Å². The second-order valence-corrected chi connectivity index (χ2v) is 7.12. The lowest BCUT2D eigenvalue weighted by molar-refractivity contribution is -0.00127. The molecule has 0 radical (unpaired) electrons. The van der Waals surface area contributed by atoms with Crippen LogP contribution in [0.5, 0.6) is 0 Å². The van der Waals surface area contributed by atoms with Crippen molar-refractivity contribution in [2.75, 3.05) is 0 Å². The van der Waals surface area contributed by atoms with Crippen molar-refractivity contribution in [1.29, 1.82) is 0 Å². The highest BCUT2D eigenvalue weighted by molar-refractivity contribution is 5.81. The lowest BCUT2D eigenvalue weighted by Crippen LogP contribution is -2.48. The molecule has 3 rings (SSSR count). The normalized spacial score (nSPS) is 28.6. The van der Waals surface area contributed by atoms with Crippen molar-refractivity contribution in [1.82, 2.24) is 5.43 Å². The molecule has 1 fully saturated rings. The minimum absolute atomic E-state index is 0.377. The van der Waals surface area contributed by atoms with Crippen LogP contribution in [0.4, 0.5) is 4.79 Å². The summed E-state index contributed by atoms with van der Waals surface area (Å²) in [5.74, 6) is 1.39. The molecule has 1 amide bonds. The first-order valence-electron chi connectivity index (χ1n) is 6.92. The van der Waals surface area contributed by atoms with Gasteiger partial charge in [0.1, 0.15) is 5.60 Å². The average molecular weight is 264 g/mol. The molecule has 2 atom stereocenters. The van der Waals surface area contributed by atoms with E-state index in [1.54, 1.807) is 6.21 Å². The van der Waals surface area contributed by atoms with Crippen molar-refractivity contribution in [3.8, 4) is 0 Å². The monoisotopic (exact) mass is 264 g/mol. The summed E-state index contributed by atoms with van der Waals surface area (Å²) < 4.78 is 5.12. The van der Waals surface area contributed by atoms with E-state index in [-0.39, 0.29) is 0 Å². The van der Waals surface area contributed by atoms with Gasteiger partial charge >= 0.3 is 6.09 Å². The van der Waals surface area contributed by atoms with Crippen LogP contribution in [0, 0.1) is 17.3 Å². The molecule has 3 aliphatic rings. The van der Waals surface area contributed by atoms with Crippen LogP contribution >= 0.6 is 0 Å². The van der Waals surface area contributed by atoms with E-state index in [4.69, 9.17) is 4.74 Å². The number of hydrogen-bond acceptors (Lipinski definition) is 3. The molecule has 1 N–H and O–H groups in total. The first kappa shape index (κ1) is 14.1. The maximum atomic E-state index is 11.5. The minimum atomic E-state index is -0.508. The van der Waals surface area contributed by atoms with Gasteiger partial charge in [0.05, 0.1) is 6.21 Å². The summed E-state index contributed by atoms with van der Waals surface area (Å²) in [4.78, 5) is 11.5. The average Bonchev–Trinajstić information content (AvgIpc) is 2.26. The van der Waals surface area contributed by atoms with Gasteiger partial charge in [0.15, 0.2) is 0 Å². The third-order valence-corrected chi connectivity index (χ3v) is 4.28. The number of allylic oxidation sites excluding steroid dienone is 2. The van der Waals surface area contributed by atoms with E-state index in [9.17, 15) is 4.79 Å². The molecule has 0 heterocycles. The molecule has 1 saturated carbocycles. The predicted octanol–water partition coefficient (Wildman–Crippen LogP) is 3.49. The molecule has 0 spiro atoms. The Morgan fingerprint density at radius 2 is 2.21 bits per heavy atom. The summed E-state index contributed by atoms with van der Waals surface area (Å²) >= 11 is 0. The van der Waals surface area contributed by atoms with Gasteiger partial charge in [-0.1, -0.05) is 19.9 Å². The Bertz CT molecular complexity index is 430. The number of amides is 1. The van der Waals surface area contributed by atoms with Gasteiger partial charge in [0.2, 0.25) is 0 Å². The number of carbonyl (C=O) groups is 1. The summed E-state index contributed by atoms with van der Waals surface area (Å²) in [6, 6.07) is 0. The summed E-state index contributed by atoms with van der Waals surface area (Å²) in [7, 11) is 0. The SMILES string of the molecule is CC(C)(C)OC(=O)N/N=C\C1=CC[C@@H]2C[C@H]1C2(C)C. The van der Waals surface area contributed by atoms with E-state index in [0.717, 1.165) is 12.3 Å². The van der Waals surface area contributed by atoms with Gasteiger partial charge < -0.3 is 4.74 Å². The summed E-state index contributed by atoms with van der Waals surface area (Å²) in [6.45, 7) is 10.1. The maximum absolute atomic E-state index is 11.5. The van der Waals surface area contributed by atoms with Crippen molar-refractivity contribution in [3.63, 3.8) is 0 Å². The Morgan fingerprint density at radius 3 is 2.74 bits per heavy atom. The number of nitrogens with one attached hydrogen (secondary N) is 1. The molecule has 0 unspecified atom stereocenters. The Balaban J connectivity index is 1.87. The molecule has 0 aromatic heterocycles. The molecule has 0 aliphatic heterocycles. The summed E-state index contributed by atoms with van der Waals surface area (Å²) in [5.41, 5.74) is 3.54. The Morgan fingerprint density at radius 1 is 1.53 bits per heavy atom. The third-order valence-electron chi connectivity index (χ3n) is 4.28. The van der Waals surface area contributed by atoms with Crippen molar-refractivity contribution in [2.45, 2.75) is 53.1 Å². The summed E-state index contributed by atoms with van der Waals surface area (Å²) in [5, 5.41) is 4.00. The van der Waals surface area contributed by atoms with Crippen LogP contribution in [-0.2, 0) is 4.74 Å². The standard InChI is InChI=1S/C15H24N2O2/c1-14(2,3)19-13(18)17-16-9-10-6-7-11-8-12(10)15(11,4)5/h6,9,11-12H,7-8H2,1-5H3,(H,17,18)/b16-9-/t11-,12-/m1/s1. The molecule has 0 saturated heterocycles. The van der Waals surface area contributed by atoms with Crippen LogP contribution in [0.1, 0.15) is 47.5 Å². The van der Waals surface area contributed by atoms with E-state index in [1.165, 1.54) is 12.0 Å². The van der Waals surface area contributed by atoms with Gasteiger partial charge in [0, 0.05) is 0 Å². The smallest absolute Gasteiger partial charge is 0.428 e. The quantitative estimate of drug-likeness (QED) is 0.613. The fourth-order valence-electron chi connectivity index (χ4n) is 3.01. The minimum Gasteiger partial charge on any atom is -0.443 e. The van der Waals surface area contributed by atoms with Crippen molar-refractivity contribution >= 4 is 12.3 Å². The molecule has 4 nitrogen and oxygen atoms in total. The highest BCUT2D eigenvalue weighted by Gasteiger charge is 2.50. The lowest BCUT2D eigenvalue weighted by Gasteiger charge is -2.55. The first-order valence-corrected chi connectivity index (χ1v) is 6.92. The zero-order chi connectivity index (χ0) is 14.3. The van der Waals surface area contributed by atoms with Crippen LogP contribution < -0.4 is 5.43 Å². The second kappa shape index (κ2) is 4.66. The van der Waals surface area contributed by atoms with Crippen LogP contribution in [0.2, 0.25) is 0 Å². The van der Waals surface area contributed by atoms with Crippen molar-refractivity contribution in [2.24, 2.45) is 22.4 Å². The Hall–Kier alpha value is -1.32. The summed E-state index contributed by atoms with van der Waals surface area (Å²) in [6.07, 6.45) is 5.87. The van der Waals surface area contributed by atoms with E-state index >= 15 is 0 Å². The zero-order valence-corrected chi connectivity index (χ0v) is 12.5. The van der Waals surface area contributed by atoms with Crippen LogP contribution in [-0.4, -0.2) is 17.9 Å². The van der Waals surface area contributed by atoms with Crippen LogP contribution in [0.25, 0.3) is 0 Å². The number of fused-ring (bicyclic) bond motifs is 1. The van der Waals surface area contributed by atoms with Gasteiger partial charge in [-0.15, -0.1) is 0 Å². The number of carbonyl (C=O) groups excluding carboxylic acids is 1. The third kappa shape index (κ3) is 2.99. The number of rotatable bonds is 2. The maximum Gasteiger partial charge on any atom is 0.428 e. The number of hydrogen-bond donors (Lipinski definition) is 1. The molecule has 4 heteroatoms. The van der Waals surface area contributed by atoms with Crippen LogP contribution in [0.3, 0.4) is 0 Å². The molecule has 0 aromatic carbocycles. The molecular formula is C15H24N2O2. The van der Waals surface area contributed by atoms with Gasteiger partial charge in [0.25, 0.3) is 0 Å². The van der Waals surface area contributed by atoms with Crippen molar-refractivity contribution < 1.29 is 9.53 Å².